The Bertz CT molecular complexity index is 809. The Morgan fingerprint density at radius 3 is 2.63 bits per heavy atom. The minimum atomic E-state index is -0.0766. The molecule has 0 aliphatic rings. The minimum absolute atomic E-state index is 0. The third kappa shape index (κ3) is 7.27. The van der Waals surface area contributed by atoms with Crippen LogP contribution in [0.15, 0.2) is 23.2 Å². The van der Waals surface area contributed by atoms with E-state index in [-0.39, 0.29) is 29.9 Å². The average molecular weight is 522 g/mol. The molecule has 0 bridgehead atoms. The van der Waals surface area contributed by atoms with E-state index in [1.807, 2.05) is 32.9 Å². The van der Waals surface area contributed by atoms with Crippen LogP contribution in [0.5, 0.6) is 0 Å². The normalized spacial score (nSPS) is 10.9. The van der Waals surface area contributed by atoms with Gasteiger partial charge in [-0.2, -0.15) is 0 Å². The first-order valence-electron chi connectivity index (χ1n) is 8.33. The van der Waals surface area contributed by atoms with Gasteiger partial charge in [-0.1, -0.05) is 17.7 Å². The predicted molar refractivity (Wildman–Crippen MR) is 125 cm³/mol. The Hall–Kier alpha value is -1.39. The zero-order chi connectivity index (χ0) is 19.1. The number of aromatic nitrogens is 1. The van der Waals surface area contributed by atoms with Gasteiger partial charge in [0.15, 0.2) is 5.96 Å². The van der Waals surface area contributed by atoms with Crippen LogP contribution in [-0.4, -0.2) is 30.4 Å². The second-order valence-electron chi connectivity index (χ2n) is 5.80. The van der Waals surface area contributed by atoms with Gasteiger partial charge in [0, 0.05) is 35.6 Å². The molecule has 0 unspecified atom stereocenters. The van der Waals surface area contributed by atoms with Gasteiger partial charge in [0.2, 0.25) is 5.91 Å². The number of carbonyl (C=O) groups excluding carboxylic acids is 1. The summed E-state index contributed by atoms with van der Waals surface area (Å²) in [5.41, 5.74) is 2.64. The fourth-order valence-corrected chi connectivity index (χ4v) is 3.42. The monoisotopic (exact) mass is 521 g/mol. The maximum atomic E-state index is 12.1. The maximum Gasteiger partial charge on any atom is 0.226 e. The quantitative estimate of drug-likeness (QED) is 0.305. The zero-order valence-corrected chi connectivity index (χ0v) is 19.8. The van der Waals surface area contributed by atoms with Gasteiger partial charge in [0.1, 0.15) is 0 Å². The molecule has 0 saturated heterocycles. The first kappa shape index (κ1) is 23.6. The number of halogens is 2. The molecular weight excluding hydrogens is 497 g/mol. The molecule has 148 valence electrons. The van der Waals surface area contributed by atoms with Crippen LogP contribution < -0.4 is 16.0 Å². The van der Waals surface area contributed by atoms with Crippen LogP contribution in [-0.2, 0) is 11.3 Å². The van der Waals surface area contributed by atoms with Gasteiger partial charge in [-0.25, -0.2) is 4.98 Å². The van der Waals surface area contributed by atoms with Gasteiger partial charge < -0.3 is 16.0 Å². The van der Waals surface area contributed by atoms with Crippen molar-refractivity contribution >= 4 is 64.5 Å². The van der Waals surface area contributed by atoms with Crippen molar-refractivity contribution in [2.45, 2.75) is 33.7 Å². The lowest BCUT2D eigenvalue weighted by Crippen LogP contribution is -2.38. The Kier molecular flexibility index (Phi) is 10.0. The van der Waals surface area contributed by atoms with E-state index in [9.17, 15) is 4.79 Å². The molecular formula is C18H25ClIN5OS. The van der Waals surface area contributed by atoms with Crippen molar-refractivity contribution in [2.24, 2.45) is 4.99 Å². The fraction of sp³-hybridized carbons (Fsp3) is 0.389. The molecule has 27 heavy (non-hydrogen) atoms. The summed E-state index contributed by atoms with van der Waals surface area (Å²) in [5.74, 6) is 0.578. The van der Waals surface area contributed by atoms with Crippen molar-refractivity contribution in [3.8, 4) is 0 Å². The standard InChI is InChI=1S/C18H24ClN5OS.HI/c1-11-14(19)6-5-7-15(11)24-17(25)8-9-21-18(20-4)22-10-16-12(2)23-13(3)26-16;/h5-7H,8-10H2,1-4H3,(H,24,25)(H2,20,21,22);1H. The predicted octanol–water partition coefficient (Wildman–Crippen LogP) is 4.03. The molecule has 9 heteroatoms. The van der Waals surface area contributed by atoms with Gasteiger partial charge in [-0.15, -0.1) is 35.3 Å². The van der Waals surface area contributed by atoms with E-state index in [1.54, 1.807) is 24.5 Å². The molecule has 0 radical (unpaired) electrons. The Labute approximate surface area is 186 Å². The third-order valence-electron chi connectivity index (χ3n) is 3.83. The van der Waals surface area contributed by atoms with Crippen molar-refractivity contribution in [1.82, 2.24) is 15.6 Å². The number of rotatable bonds is 6. The van der Waals surface area contributed by atoms with Crippen molar-refractivity contribution < 1.29 is 4.79 Å². The number of amides is 1. The van der Waals surface area contributed by atoms with E-state index in [0.717, 1.165) is 22.0 Å². The van der Waals surface area contributed by atoms with Gasteiger partial charge in [-0.05, 0) is 38.5 Å². The molecule has 1 heterocycles. The van der Waals surface area contributed by atoms with E-state index in [1.165, 1.54) is 4.88 Å². The first-order valence-corrected chi connectivity index (χ1v) is 9.52. The summed E-state index contributed by atoms with van der Waals surface area (Å²) >= 11 is 7.74. The Morgan fingerprint density at radius 2 is 2.00 bits per heavy atom. The highest BCUT2D eigenvalue weighted by molar-refractivity contribution is 14.0. The number of aryl methyl sites for hydroxylation is 2. The van der Waals surface area contributed by atoms with Crippen LogP contribution in [0.3, 0.4) is 0 Å². The number of carbonyl (C=O) groups is 1. The van der Waals surface area contributed by atoms with Crippen LogP contribution in [0, 0.1) is 20.8 Å². The first-order chi connectivity index (χ1) is 12.4. The molecule has 2 rings (SSSR count). The molecule has 0 aliphatic heterocycles. The number of guanidine groups is 1. The topological polar surface area (TPSA) is 78.4 Å². The zero-order valence-electron chi connectivity index (χ0n) is 15.9. The summed E-state index contributed by atoms with van der Waals surface area (Å²) in [5, 5.41) is 11.0. The largest absolute Gasteiger partial charge is 0.356 e. The van der Waals surface area contributed by atoms with Crippen LogP contribution in [0.2, 0.25) is 5.02 Å². The molecule has 1 aromatic heterocycles. The van der Waals surface area contributed by atoms with E-state index in [0.29, 0.717) is 30.5 Å². The number of thiazole rings is 1. The van der Waals surface area contributed by atoms with Gasteiger partial charge in [0.25, 0.3) is 0 Å². The summed E-state index contributed by atoms with van der Waals surface area (Å²) in [6, 6.07) is 5.46. The van der Waals surface area contributed by atoms with Crippen LogP contribution in [0.25, 0.3) is 0 Å². The van der Waals surface area contributed by atoms with Gasteiger partial charge >= 0.3 is 0 Å². The SMILES string of the molecule is CN=C(NCCC(=O)Nc1cccc(Cl)c1C)NCc1sc(C)nc1C.I. The lowest BCUT2D eigenvalue weighted by molar-refractivity contribution is -0.116. The molecule has 1 aromatic carbocycles. The van der Waals surface area contributed by atoms with Crippen molar-refractivity contribution in [3.63, 3.8) is 0 Å². The van der Waals surface area contributed by atoms with Crippen LogP contribution >= 0.6 is 46.9 Å². The summed E-state index contributed by atoms with van der Waals surface area (Å²) in [6.45, 7) is 7.01. The highest BCUT2D eigenvalue weighted by Gasteiger charge is 2.08. The van der Waals surface area contributed by atoms with E-state index >= 15 is 0 Å². The summed E-state index contributed by atoms with van der Waals surface area (Å²) in [4.78, 5) is 21.9. The lowest BCUT2D eigenvalue weighted by Gasteiger charge is -2.12. The summed E-state index contributed by atoms with van der Waals surface area (Å²) in [6.07, 6.45) is 0.325. The fourth-order valence-electron chi connectivity index (χ4n) is 2.37. The number of anilines is 1. The average Bonchev–Trinajstić information content (AvgIpc) is 2.92. The second kappa shape index (κ2) is 11.5. The third-order valence-corrected chi connectivity index (χ3v) is 5.31. The van der Waals surface area contributed by atoms with E-state index < -0.39 is 0 Å². The van der Waals surface area contributed by atoms with Gasteiger partial charge in [-0.3, -0.25) is 9.79 Å². The molecule has 1 amide bonds. The molecule has 2 aromatic rings. The molecule has 0 spiro atoms. The van der Waals surface area contributed by atoms with Crippen LogP contribution in [0.4, 0.5) is 5.69 Å². The molecule has 0 fully saturated rings. The number of aliphatic imine (C=N–C) groups is 1. The lowest BCUT2D eigenvalue weighted by atomic mass is 10.2. The van der Waals surface area contributed by atoms with Crippen molar-refractivity contribution in [2.75, 3.05) is 18.9 Å². The Balaban J connectivity index is 0.00000364. The number of hydrogen-bond donors (Lipinski definition) is 3. The Morgan fingerprint density at radius 1 is 1.26 bits per heavy atom. The molecule has 0 saturated carbocycles. The van der Waals surface area contributed by atoms with Gasteiger partial charge in [0.05, 0.1) is 17.2 Å². The smallest absolute Gasteiger partial charge is 0.226 e. The number of nitrogens with zero attached hydrogens (tertiary/aromatic N) is 2. The summed E-state index contributed by atoms with van der Waals surface area (Å²) in [7, 11) is 1.70. The number of hydrogen-bond acceptors (Lipinski definition) is 4. The number of nitrogens with one attached hydrogen (secondary N) is 3. The minimum Gasteiger partial charge on any atom is -0.356 e. The second-order valence-corrected chi connectivity index (χ2v) is 7.50. The number of benzene rings is 1. The molecule has 6 nitrogen and oxygen atoms in total. The van der Waals surface area contributed by atoms with Crippen LogP contribution in [0.1, 0.15) is 27.6 Å². The van der Waals surface area contributed by atoms with Crippen molar-refractivity contribution in [1.29, 1.82) is 0 Å². The highest BCUT2D eigenvalue weighted by Crippen LogP contribution is 2.22. The highest BCUT2D eigenvalue weighted by atomic mass is 127. The summed E-state index contributed by atoms with van der Waals surface area (Å²) < 4.78 is 0. The van der Waals surface area contributed by atoms with E-state index in [2.05, 4.69) is 25.9 Å². The molecule has 3 N–H and O–H groups in total. The molecule has 0 aliphatic carbocycles. The molecule has 0 atom stereocenters. The maximum absolute atomic E-state index is 12.1. The van der Waals surface area contributed by atoms with E-state index in [4.69, 9.17) is 11.6 Å². The van der Waals surface area contributed by atoms with Crippen molar-refractivity contribution in [3.05, 3.63) is 44.4 Å².